The van der Waals surface area contributed by atoms with Crippen LogP contribution in [-0.4, -0.2) is 29.8 Å². The maximum atomic E-state index is 12.5. The number of esters is 1. The van der Waals surface area contributed by atoms with Crippen LogP contribution in [-0.2, 0) is 11.2 Å². The number of alkyl halides is 3. The number of anilines is 2. The minimum atomic E-state index is -4.17. The molecule has 0 bridgehead atoms. The van der Waals surface area contributed by atoms with E-state index in [2.05, 4.69) is 0 Å². The second kappa shape index (κ2) is 14.1. The number of hydrogen-bond donors (Lipinski definition) is 3. The van der Waals surface area contributed by atoms with Gasteiger partial charge in [-0.25, -0.2) is 9.59 Å². The van der Waals surface area contributed by atoms with Crippen molar-refractivity contribution >= 4 is 28.9 Å². The molecule has 0 heterocycles. The molecule has 0 aliphatic carbocycles. The first-order chi connectivity index (χ1) is 19.0. The van der Waals surface area contributed by atoms with Gasteiger partial charge in [0.1, 0.15) is 11.5 Å². The van der Waals surface area contributed by atoms with E-state index in [4.69, 9.17) is 20.9 Å². The minimum Gasteiger partial charge on any atom is -0.494 e. The normalized spacial score (nSPS) is 11.7. The summed E-state index contributed by atoms with van der Waals surface area (Å²) in [5.41, 5.74) is 15.4. The van der Waals surface area contributed by atoms with Crippen LogP contribution in [0.15, 0.2) is 72.8 Å². The number of halogens is 3. The smallest absolute Gasteiger partial charge is 0.389 e. The molecule has 0 aromatic heterocycles. The van der Waals surface area contributed by atoms with Crippen molar-refractivity contribution in [3.05, 3.63) is 89.5 Å². The fourth-order valence-corrected chi connectivity index (χ4v) is 4.03. The van der Waals surface area contributed by atoms with Crippen LogP contribution in [0, 0.1) is 0 Å². The molecule has 7 nitrogen and oxygen atoms in total. The van der Waals surface area contributed by atoms with Gasteiger partial charge in [0.15, 0.2) is 0 Å². The zero-order chi connectivity index (χ0) is 29.1. The first kappa shape index (κ1) is 30.1. The molecule has 3 rings (SSSR count). The molecule has 0 aliphatic rings. The Kier molecular flexibility index (Phi) is 10.6. The van der Waals surface area contributed by atoms with E-state index in [1.54, 1.807) is 42.5 Å². The lowest BCUT2D eigenvalue weighted by Gasteiger charge is -2.10. The van der Waals surface area contributed by atoms with Gasteiger partial charge < -0.3 is 26.0 Å². The maximum absolute atomic E-state index is 12.5. The number of rotatable bonds is 13. The Morgan fingerprint density at radius 1 is 0.825 bits per heavy atom. The number of ether oxygens (including phenoxy) is 2. The van der Waals surface area contributed by atoms with Crippen molar-refractivity contribution in [1.82, 2.24) is 0 Å². The number of aryl methyl sites for hydroxylation is 1. The van der Waals surface area contributed by atoms with Gasteiger partial charge in [0.2, 0.25) is 0 Å². The average Bonchev–Trinajstić information content (AvgIpc) is 2.87. The number of nitrogen functional groups attached to an aromatic ring is 2. The second-order valence-corrected chi connectivity index (χ2v) is 9.23. The molecular weight excluding hydrogens is 525 g/mol. The molecular formula is C30H31F3N2O5. The predicted octanol–water partition coefficient (Wildman–Crippen LogP) is 6.67. The maximum Gasteiger partial charge on any atom is 0.389 e. The summed E-state index contributed by atoms with van der Waals surface area (Å²) in [6.07, 6.45) is -1.77. The van der Waals surface area contributed by atoms with Crippen molar-refractivity contribution in [2.24, 2.45) is 0 Å². The van der Waals surface area contributed by atoms with Crippen LogP contribution in [0.3, 0.4) is 0 Å². The van der Waals surface area contributed by atoms with E-state index >= 15 is 0 Å². The van der Waals surface area contributed by atoms with Crippen LogP contribution >= 0.6 is 0 Å². The van der Waals surface area contributed by atoms with E-state index < -0.39 is 24.5 Å². The topological polar surface area (TPSA) is 125 Å². The van der Waals surface area contributed by atoms with Crippen molar-refractivity contribution in [1.29, 1.82) is 0 Å². The molecule has 40 heavy (non-hydrogen) atoms. The van der Waals surface area contributed by atoms with Crippen molar-refractivity contribution in [3.63, 3.8) is 0 Å². The number of aliphatic carboxylic acids is 1. The second-order valence-electron chi connectivity index (χ2n) is 9.23. The first-order valence-corrected chi connectivity index (χ1v) is 12.7. The summed E-state index contributed by atoms with van der Waals surface area (Å²) in [5, 5.41) is 9.33. The van der Waals surface area contributed by atoms with Gasteiger partial charge in [-0.15, -0.1) is 0 Å². The van der Waals surface area contributed by atoms with Crippen LogP contribution in [0.4, 0.5) is 24.5 Å². The molecule has 212 valence electrons. The Hall–Kier alpha value is -4.47. The molecule has 0 spiro atoms. The average molecular weight is 557 g/mol. The Bertz CT molecular complexity index is 1300. The molecule has 3 aromatic carbocycles. The number of benzene rings is 3. The monoisotopic (exact) mass is 556 g/mol. The summed E-state index contributed by atoms with van der Waals surface area (Å²) in [6.45, 7) is 0.139. The third-order valence-corrected chi connectivity index (χ3v) is 5.90. The standard InChI is InChI=1S/C30H31F3N2O5/c31-30(32,33)14-1-2-15-39-26-10-8-22(9-11-26)29(38)40-27-12-6-21(7-13-27)23(18-28(36)37)5-3-4-20-16-24(34)19-25(35)17-20/h6-13,16-19H,1-5,14-15,34-35H2,(H,36,37)/b23-18+. The zero-order valence-electron chi connectivity index (χ0n) is 21.7. The Morgan fingerprint density at radius 3 is 2.02 bits per heavy atom. The highest BCUT2D eigenvalue weighted by Crippen LogP contribution is 2.26. The number of carbonyl (C=O) groups excluding carboxylic acids is 1. The van der Waals surface area contributed by atoms with Gasteiger partial charge in [-0.05, 0) is 103 Å². The molecule has 0 radical (unpaired) electrons. The van der Waals surface area contributed by atoms with Gasteiger partial charge in [-0.3, -0.25) is 0 Å². The summed E-state index contributed by atoms with van der Waals surface area (Å²) in [4.78, 5) is 23.9. The van der Waals surface area contributed by atoms with Gasteiger partial charge in [0.25, 0.3) is 0 Å². The van der Waals surface area contributed by atoms with Gasteiger partial charge in [-0.1, -0.05) is 12.1 Å². The number of allylic oxidation sites excluding steroid dienone is 1. The number of carboxylic acids is 1. The lowest BCUT2D eigenvalue weighted by molar-refractivity contribution is -0.136. The Morgan fingerprint density at radius 2 is 1.43 bits per heavy atom. The summed E-state index contributed by atoms with van der Waals surface area (Å²) >= 11 is 0. The van der Waals surface area contributed by atoms with Crippen LogP contribution < -0.4 is 20.9 Å². The molecule has 0 aliphatic heterocycles. The lowest BCUT2D eigenvalue weighted by Crippen LogP contribution is -2.09. The highest BCUT2D eigenvalue weighted by Gasteiger charge is 2.25. The summed E-state index contributed by atoms with van der Waals surface area (Å²) < 4.78 is 47.4. The number of carboxylic acid groups (broad SMARTS) is 1. The number of unbranched alkanes of at least 4 members (excludes halogenated alkanes) is 1. The van der Waals surface area contributed by atoms with E-state index in [1.165, 1.54) is 12.1 Å². The summed E-state index contributed by atoms with van der Waals surface area (Å²) in [7, 11) is 0. The fourth-order valence-electron chi connectivity index (χ4n) is 4.03. The summed E-state index contributed by atoms with van der Waals surface area (Å²) in [5.74, 6) is -0.951. The van der Waals surface area contributed by atoms with Crippen molar-refractivity contribution in [3.8, 4) is 11.5 Å². The van der Waals surface area contributed by atoms with Crippen LogP contribution in [0.2, 0.25) is 0 Å². The lowest BCUT2D eigenvalue weighted by atomic mass is 9.97. The third-order valence-electron chi connectivity index (χ3n) is 5.90. The molecule has 0 amide bonds. The zero-order valence-corrected chi connectivity index (χ0v) is 21.7. The van der Waals surface area contributed by atoms with Gasteiger partial charge in [0, 0.05) is 23.9 Å². The molecule has 10 heteroatoms. The van der Waals surface area contributed by atoms with Crippen LogP contribution in [0.5, 0.6) is 11.5 Å². The molecule has 0 atom stereocenters. The van der Waals surface area contributed by atoms with Gasteiger partial charge in [0.05, 0.1) is 12.2 Å². The van der Waals surface area contributed by atoms with Crippen molar-refractivity contribution in [2.75, 3.05) is 18.1 Å². The molecule has 0 saturated carbocycles. The Labute approximate surface area is 230 Å². The van der Waals surface area contributed by atoms with Crippen LogP contribution in [0.1, 0.15) is 53.6 Å². The van der Waals surface area contributed by atoms with Crippen molar-refractivity contribution < 1.29 is 37.3 Å². The summed E-state index contributed by atoms with van der Waals surface area (Å²) in [6, 6.07) is 18.0. The minimum absolute atomic E-state index is 0.0148. The molecule has 3 aromatic rings. The molecule has 0 fully saturated rings. The van der Waals surface area contributed by atoms with Gasteiger partial charge in [-0.2, -0.15) is 13.2 Å². The van der Waals surface area contributed by atoms with E-state index in [0.29, 0.717) is 47.5 Å². The molecule has 0 saturated heterocycles. The number of nitrogens with two attached hydrogens (primary N) is 2. The van der Waals surface area contributed by atoms with E-state index in [-0.39, 0.29) is 30.8 Å². The van der Waals surface area contributed by atoms with Crippen molar-refractivity contribution in [2.45, 2.75) is 44.7 Å². The first-order valence-electron chi connectivity index (χ1n) is 12.7. The van der Waals surface area contributed by atoms with Crippen LogP contribution in [0.25, 0.3) is 5.57 Å². The quantitative estimate of drug-likeness (QED) is 0.0706. The largest absolute Gasteiger partial charge is 0.494 e. The fraction of sp³-hybridized carbons (Fsp3) is 0.267. The SMILES string of the molecule is Nc1cc(N)cc(CCC/C(=C\C(=O)O)c2ccc(OC(=O)c3ccc(OCCCCC(F)(F)F)cc3)cc2)c1. The molecule has 0 unspecified atom stereocenters. The number of carbonyl (C=O) groups is 2. The highest BCUT2D eigenvalue weighted by molar-refractivity contribution is 5.92. The highest BCUT2D eigenvalue weighted by atomic mass is 19.4. The van der Waals surface area contributed by atoms with E-state index in [1.807, 2.05) is 12.1 Å². The Balaban J connectivity index is 1.53. The van der Waals surface area contributed by atoms with E-state index in [0.717, 1.165) is 11.6 Å². The molecule has 5 N–H and O–H groups in total. The third kappa shape index (κ3) is 10.4. The van der Waals surface area contributed by atoms with E-state index in [9.17, 15) is 27.9 Å². The van der Waals surface area contributed by atoms with Gasteiger partial charge >= 0.3 is 18.1 Å². The predicted molar refractivity (Wildman–Crippen MR) is 147 cm³/mol. The number of hydrogen-bond acceptors (Lipinski definition) is 6.